The molecule has 0 bridgehead atoms. The number of nitrogens with one attached hydrogen (secondary N) is 2. The van der Waals surface area contributed by atoms with Crippen molar-refractivity contribution in [2.24, 2.45) is 5.92 Å². The van der Waals surface area contributed by atoms with Gasteiger partial charge in [-0.25, -0.2) is 0 Å². The van der Waals surface area contributed by atoms with Gasteiger partial charge in [-0.15, -0.1) is 0 Å². The smallest absolute Gasteiger partial charge is 0.000777 e. The first-order chi connectivity index (χ1) is 7.45. The third-order valence-electron chi connectivity index (χ3n) is 3.03. The van der Waals surface area contributed by atoms with Crippen molar-refractivity contribution in [1.29, 1.82) is 0 Å². The Morgan fingerprint density at radius 1 is 1.27 bits per heavy atom. The largest absolute Gasteiger partial charge is 0.316 e. The minimum Gasteiger partial charge on any atom is -0.316 e. The van der Waals surface area contributed by atoms with Crippen LogP contribution in [0.2, 0.25) is 0 Å². The molecule has 0 radical (unpaired) electrons. The van der Waals surface area contributed by atoms with E-state index in [-0.39, 0.29) is 0 Å². The molecule has 1 aliphatic heterocycles. The second kappa shape index (κ2) is 5.89. The predicted octanol–water partition coefficient (Wildman–Crippen LogP) is 1.43. The van der Waals surface area contributed by atoms with Gasteiger partial charge in [-0.05, 0) is 50.5 Å². The lowest BCUT2D eigenvalue weighted by Crippen LogP contribution is -2.26. The van der Waals surface area contributed by atoms with E-state index in [1.165, 1.54) is 31.6 Å². The lowest BCUT2D eigenvalue weighted by molar-refractivity contribution is 0.515. The van der Waals surface area contributed by atoms with Crippen molar-refractivity contribution >= 4 is 0 Å². The van der Waals surface area contributed by atoms with Crippen molar-refractivity contribution in [3.8, 4) is 0 Å². The maximum Gasteiger partial charge on any atom is -0.000777 e. The number of benzene rings is 1. The fraction of sp³-hybridized carbons (Fsp3) is 0.538. The molecule has 82 valence electrons. The first-order valence-corrected chi connectivity index (χ1v) is 5.90. The average molecular weight is 204 g/mol. The van der Waals surface area contributed by atoms with Crippen LogP contribution in [0.4, 0.5) is 0 Å². The van der Waals surface area contributed by atoms with Crippen molar-refractivity contribution in [2.75, 3.05) is 26.2 Å². The zero-order valence-corrected chi connectivity index (χ0v) is 9.21. The molecule has 2 heteroatoms. The Morgan fingerprint density at radius 2 is 2.13 bits per heavy atom. The summed E-state index contributed by atoms with van der Waals surface area (Å²) >= 11 is 0. The molecule has 1 aromatic carbocycles. The van der Waals surface area contributed by atoms with Gasteiger partial charge in [-0.2, -0.15) is 0 Å². The molecule has 1 atom stereocenters. The molecular formula is C13H20N2. The molecule has 0 spiro atoms. The highest BCUT2D eigenvalue weighted by Gasteiger charge is 2.12. The van der Waals surface area contributed by atoms with Crippen molar-refractivity contribution in [1.82, 2.24) is 10.6 Å². The van der Waals surface area contributed by atoms with Crippen LogP contribution in [-0.4, -0.2) is 26.2 Å². The second-order valence-electron chi connectivity index (χ2n) is 4.30. The van der Waals surface area contributed by atoms with Gasteiger partial charge in [0.1, 0.15) is 0 Å². The van der Waals surface area contributed by atoms with Gasteiger partial charge in [0, 0.05) is 0 Å². The lowest BCUT2D eigenvalue weighted by atomic mass is 10.1. The van der Waals surface area contributed by atoms with Crippen molar-refractivity contribution < 1.29 is 0 Å². The Labute approximate surface area is 92.1 Å². The van der Waals surface area contributed by atoms with E-state index < -0.39 is 0 Å². The summed E-state index contributed by atoms with van der Waals surface area (Å²) in [5.74, 6) is 0.848. The Morgan fingerprint density at radius 3 is 2.87 bits per heavy atom. The molecule has 0 aromatic heterocycles. The summed E-state index contributed by atoms with van der Waals surface area (Å²) in [7, 11) is 0. The highest BCUT2D eigenvalue weighted by Crippen LogP contribution is 2.05. The average Bonchev–Trinajstić information content (AvgIpc) is 2.79. The van der Waals surface area contributed by atoms with Gasteiger partial charge in [0.25, 0.3) is 0 Å². The first-order valence-electron chi connectivity index (χ1n) is 5.90. The molecular weight excluding hydrogens is 184 g/mol. The molecule has 1 aromatic rings. The van der Waals surface area contributed by atoms with E-state index in [1.54, 1.807) is 0 Å². The summed E-state index contributed by atoms with van der Waals surface area (Å²) in [6, 6.07) is 10.7. The Bertz CT molecular complexity index is 265. The van der Waals surface area contributed by atoms with Gasteiger partial charge in [0.15, 0.2) is 0 Å². The van der Waals surface area contributed by atoms with E-state index in [9.17, 15) is 0 Å². The Balaban J connectivity index is 1.59. The lowest BCUT2D eigenvalue weighted by Gasteiger charge is -2.09. The third-order valence-corrected chi connectivity index (χ3v) is 3.03. The summed E-state index contributed by atoms with van der Waals surface area (Å²) in [5.41, 5.74) is 1.43. The predicted molar refractivity (Wildman–Crippen MR) is 64.0 cm³/mol. The third kappa shape index (κ3) is 3.65. The van der Waals surface area contributed by atoms with Crippen LogP contribution in [0.25, 0.3) is 0 Å². The normalized spacial score (nSPS) is 20.7. The minimum atomic E-state index is 0.848. The molecule has 0 aliphatic carbocycles. The Kier molecular flexibility index (Phi) is 4.18. The van der Waals surface area contributed by atoms with Crippen LogP contribution in [0, 0.1) is 5.92 Å². The van der Waals surface area contributed by atoms with Crippen LogP contribution >= 0.6 is 0 Å². The van der Waals surface area contributed by atoms with Crippen LogP contribution in [0.5, 0.6) is 0 Å². The molecule has 15 heavy (non-hydrogen) atoms. The maximum atomic E-state index is 3.54. The number of rotatable bonds is 5. The van der Waals surface area contributed by atoms with E-state index in [1.807, 2.05) is 0 Å². The molecule has 0 amide bonds. The molecule has 2 N–H and O–H groups in total. The van der Waals surface area contributed by atoms with Crippen molar-refractivity contribution in [3.05, 3.63) is 35.9 Å². The molecule has 2 nitrogen and oxygen atoms in total. The zero-order valence-electron chi connectivity index (χ0n) is 9.21. The zero-order chi connectivity index (χ0) is 10.3. The summed E-state index contributed by atoms with van der Waals surface area (Å²) in [6.07, 6.45) is 2.47. The van der Waals surface area contributed by atoms with Gasteiger partial charge < -0.3 is 10.6 Å². The van der Waals surface area contributed by atoms with Crippen LogP contribution in [0.15, 0.2) is 30.3 Å². The molecule has 1 fully saturated rings. The number of hydrogen-bond donors (Lipinski definition) is 2. The van der Waals surface area contributed by atoms with Crippen LogP contribution < -0.4 is 10.6 Å². The summed E-state index contributed by atoms with van der Waals surface area (Å²) in [5, 5.41) is 6.93. The van der Waals surface area contributed by atoms with Gasteiger partial charge in [0.2, 0.25) is 0 Å². The maximum absolute atomic E-state index is 3.54. The van der Waals surface area contributed by atoms with Crippen LogP contribution in [0.3, 0.4) is 0 Å². The topological polar surface area (TPSA) is 24.1 Å². The molecule has 1 saturated heterocycles. The molecule has 0 saturated carbocycles. The van der Waals surface area contributed by atoms with E-state index in [4.69, 9.17) is 0 Å². The van der Waals surface area contributed by atoms with Crippen molar-refractivity contribution in [2.45, 2.75) is 12.8 Å². The minimum absolute atomic E-state index is 0.848. The molecule has 2 rings (SSSR count). The molecule has 1 aliphatic rings. The van der Waals surface area contributed by atoms with E-state index in [2.05, 4.69) is 41.0 Å². The standard InChI is InChI=1S/C13H20N2/c1-2-4-12(5-3-1)6-8-14-10-13-7-9-15-11-13/h1-5,13-15H,6-11H2. The van der Waals surface area contributed by atoms with E-state index >= 15 is 0 Å². The quantitative estimate of drug-likeness (QED) is 0.709. The van der Waals surface area contributed by atoms with E-state index in [0.717, 1.165) is 18.9 Å². The fourth-order valence-electron chi connectivity index (χ4n) is 2.07. The first kappa shape index (κ1) is 10.7. The van der Waals surface area contributed by atoms with Gasteiger partial charge in [-0.3, -0.25) is 0 Å². The van der Waals surface area contributed by atoms with Gasteiger partial charge >= 0.3 is 0 Å². The SMILES string of the molecule is c1ccc(CCNCC2CCNC2)cc1. The van der Waals surface area contributed by atoms with Gasteiger partial charge in [0.05, 0.1) is 0 Å². The summed E-state index contributed by atoms with van der Waals surface area (Å²) in [4.78, 5) is 0. The fourth-order valence-corrected chi connectivity index (χ4v) is 2.07. The Hall–Kier alpha value is -0.860. The number of hydrogen-bond acceptors (Lipinski definition) is 2. The second-order valence-corrected chi connectivity index (χ2v) is 4.30. The van der Waals surface area contributed by atoms with Crippen molar-refractivity contribution in [3.63, 3.8) is 0 Å². The highest BCUT2D eigenvalue weighted by atomic mass is 14.9. The molecule has 1 heterocycles. The highest BCUT2D eigenvalue weighted by molar-refractivity contribution is 5.14. The van der Waals surface area contributed by atoms with Crippen LogP contribution in [0.1, 0.15) is 12.0 Å². The molecule has 1 unspecified atom stereocenters. The van der Waals surface area contributed by atoms with Crippen LogP contribution in [-0.2, 0) is 6.42 Å². The summed E-state index contributed by atoms with van der Waals surface area (Å²) < 4.78 is 0. The van der Waals surface area contributed by atoms with E-state index in [0.29, 0.717) is 0 Å². The summed E-state index contributed by atoms with van der Waals surface area (Å²) in [6.45, 7) is 4.66. The monoisotopic (exact) mass is 204 g/mol. The van der Waals surface area contributed by atoms with Gasteiger partial charge in [-0.1, -0.05) is 30.3 Å².